The number of nitrogens with zero attached hydrogens (tertiary/aromatic N) is 3. The number of carbonyl (C=O) groups excluding carboxylic acids is 14. The number of methoxy groups -OCH3 is 1. The molecule has 2 fully saturated rings. The van der Waals surface area contributed by atoms with E-state index in [2.05, 4.69) is 37.1 Å². The highest BCUT2D eigenvalue weighted by Gasteiger charge is 2.52. The number of aromatic nitrogens is 1. The van der Waals surface area contributed by atoms with Crippen molar-refractivity contribution in [3.63, 3.8) is 0 Å². The highest BCUT2D eigenvalue weighted by Crippen LogP contribution is 2.53. The molecule has 1 aromatic heterocycles. The van der Waals surface area contributed by atoms with Crippen LogP contribution in [0.1, 0.15) is 228 Å². The van der Waals surface area contributed by atoms with Gasteiger partial charge in [0.05, 0.1) is 72.4 Å². The second-order valence-corrected chi connectivity index (χ2v) is 40.7. The normalized spacial score (nSPS) is 20.0. The third-order valence-corrected chi connectivity index (χ3v) is 29.8. The summed E-state index contributed by atoms with van der Waals surface area (Å²) in [5.41, 5.74) is 0.480. The number of carboxylic acids is 2. The van der Waals surface area contributed by atoms with E-state index in [0.717, 1.165) is 52.3 Å². The zero-order valence-corrected chi connectivity index (χ0v) is 81.7. The molecule has 2 aliphatic carbocycles. The number of piperidine rings is 1. The number of ketones is 5. The molecule has 748 valence electrons. The van der Waals surface area contributed by atoms with Crippen molar-refractivity contribution in [2.75, 3.05) is 76.8 Å². The average molecular weight is 2000 g/mol. The number of aliphatic hydroxyl groups is 3. The van der Waals surface area contributed by atoms with Crippen LogP contribution in [-0.4, -0.2) is 281 Å². The van der Waals surface area contributed by atoms with Crippen LogP contribution in [0.3, 0.4) is 0 Å². The number of rotatable bonds is 52. The van der Waals surface area contributed by atoms with Crippen LogP contribution in [0.2, 0.25) is 0 Å². The van der Waals surface area contributed by atoms with Crippen molar-refractivity contribution >= 4 is 149 Å². The number of phenols is 3. The number of phenolic OH excluding ortho intramolecular Hbond substituents is 3. The number of esters is 2. The largest absolute Gasteiger partial charge is 0.508 e. The van der Waals surface area contributed by atoms with Crippen molar-refractivity contribution in [1.29, 1.82) is 0 Å². The molecule has 8 rings (SSSR count). The van der Waals surface area contributed by atoms with Gasteiger partial charge in [0, 0.05) is 134 Å². The van der Waals surface area contributed by atoms with E-state index in [-0.39, 0.29) is 162 Å². The molecule has 4 aromatic rings. The summed E-state index contributed by atoms with van der Waals surface area (Å²) in [6.07, 6.45) is -8.21. The summed E-state index contributed by atoms with van der Waals surface area (Å²) >= 11 is 1.04. The highest BCUT2D eigenvalue weighted by atomic mass is 33.1. The molecule has 2 saturated heterocycles. The van der Waals surface area contributed by atoms with E-state index in [1.54, 1.807) is 19.1 Å². The van der Waals surface area contributed by atoms with Crippen molar-refractivity contribution in [2.24, 2.45) is 35.5 Å². The van der Waals surface area contributed by atoms with Crippen molar-refractivity contribution < 1.29 is 151 Å². The number of benzene rings is 3. The number of Topliss-reactive ketones (excluding diaryl/α,β-unsaturated/α-hetero) is 3. The highest BCUT2D eigenvalue weighted by molar-refractivity contribution is 8.77. The van der Waals surface area contributed by atoms with Crippen LogP contribution >= 0.6 is 54.5 Å². The van der Waals surface area contributed by atoms with Crippen molar-refractivity contribution in [3.05, 3.63) is 97.5 Å². The predicted molar refractivity (Wildman–Crippen MR) is 498 cm³/mol. The van der Waals surface area contributed by atoms with Gasteiger partial charge in [-0.25, -0.2) is 20.0 Å². The van der Waals surface area contributed by atoms with Crippen LogP contribution in [0.15, 0.2) is 47.8 Å². The Balaban J connectivity index is 0.734. The van der Waals surface area contributed by atoms with Gasteiger partial charge in [0.25, 0.3) is 5.91 Å². The number of aliphatic carboxylic acids is 2. The van der Waals surface area contributed by atoms with Crippen LogP contribution in [0, 0.1) is 35.5 Å². The summed E-state index contributed by atoms with van der Waals surface area (Å²) < 4.78 is 39.7. The molecule has 45 heteroatoms. The number of likely N-dealkylation sites (N-methyl/N-ethyl adjacent to an activating group) is 1. The topological polar surface area (TPSA) is 591 Å². The van der Waals surface area contributed by atoms with E-state index in [0.29, 0.717) is 24.8 Å². The maximum Gasteiger partial charge on any atom is 0.426 e. The van der Waals surface area contributed by atoms with Crippen LogP contribution in [0.4, 0.5) is 9.59 Å². The van der Waals surface area contributed by atoms with E-state index < -0.39 is 229 Å². The summed E-state index contributed by atoms with van der Waals surface area (Å²) in [4.78, 5) is 222. The number of hydrogen-bond donors (Lipinski definition) is 14. The number of alkyl carbamates (subject to hydrolysis) is 1. The average Bonchev–Trinajstić information content (AvgIpc) is 0.780. The smallest absolute Gasteiger partial charge is 0.426 e. The standard InChI is InChI=1S/C91H123N9O31S5/c1-12-17-72(110)128-45-100(87(119)57(47(5)13-2)35-65(105)62-19-14-15-26-99(62)10)63(46(3)4)38-67(130-51(9)102)86-95-61(44-132-86)85(118)93-54(33-52-21-23-55(103)24-22-52)32-48(6)84(117)97-98-90(123)127-28-30-134-133-29-25-70(107)92-41-49(7)83(116)94-59(36-71(108)109)64(104)34-53(88(120)121)43-136-135-31-27-126-89(122)96-60-37-73(129-50(8)78(60)111)131-68-40-91(124,69(106)42-101)39-58-75(68)82(115)77-76(80(58)113)79(112)56-18-16-20-66(125-11)74(56)81(77)114/h16,18,20-24,44,46-50,53-54,57,59-60,62-63,67-68,73,78,101,103,111,113,115,124H,12-15,17,19,25-43,45H2,1-11H3,(H,92,107)(H,93,118)(H,94,116)(H,96,122)(H,97,117)(H,98,123)(H,108,109)(H,120,121)/t47?,48-,49-,50?,53-,54+,57-,59-,60?,62+,63+,67+,68-,73?,78?,91-/m0/s1. The monoisotopic (exact) mass is 2000 g/mol. The van der Waals surface area contributed by atoms with Crippen molar-refractivity contribution in [1.82, 2.24) is 46.9 Å². The Morgan fingerprint density at radius 3 is 2.11 bits per heavy atom. The molecule has 3 heterocycles. The Morgan fingerprint density at radius 2 is 1.46 bits per heavy atom. The fraction of sp³-hybridized carbons (Fsp3) is 0.593. The maximum absolute atomic E-state index is 15.1. The molecule has 2 aliphatic heterocycles. The number of ether oxygens (including phenoxy) is 7. The van der Waals surface area contributed by atoms with Crippen LogP contribution in [0.5, 0.6) is 23.0 Å². The first-order chi connectivity index (χ1) is 64.5. The number of aromatic hydroxyl groups is 3. The molecule has 5 unspecified atom stereocenters. The Hall–Kier alpha value is -10.2. The van der Waals surface area contributed by atoms with Gasteiger partial charge in [-0.15, -0.1) is 11.3 Å². The minimum atomic E-state index is -2.46. The third kappa shape index (κ3) is 31.1. The third-order valence-electron chi connectivity index (χ3n) is 24.0. The van der Waals surface area contributed by atoms with Gasteiger partial charge in [0.15, 0.2) is 42.3 Å². The Morgan fingerprint density at radius 1 is 0.779 bits per heavy atom. The van der Waals surface area contributed by atoms with E-state index in [1.807, 2.05) is 46.6 Å². The van der Waals surface area contributed by atoms with Gasteiger partial charge in [-0.3, -0.25) is 77.4 Å². The number of fused-ring (bicyclic) bond motifs is 3. The van der Waals surface area contributed by atoms with Gasteiger partial charge in [-0.1, -0.05) is 129 Å². The van der Waals surface area contributed by atoms with Gasteiger partial charge in [0.2, 0.25) is 29.4 Å². The van der Waals surface area contributed by atoms with Crippen LogP contribution in [-0.2, 0) is 94.0 Å². The second-order valence-electron chi connectivity index (χ2n) is 34.5. The van der Waals surface area contributed by atoms with Crippen molar-refractivity contribution in [3.8, 4) is 23.0 Å². The summed E-state index contributed by atoms with van der Waals surface area (Å²) in [5.74, 6) is -16.8. The first-order valence-electron chi connectivity index (χ1n) is 44.9. The number of carbonyl (C=O) groups is 16. The zero-order valence-electron chi connectivity index (χ0n) is 77.6. The number of amides is 7. The van der Waals surface area contributed by atoms with Gasteiger partial charge in [-0.05, 0) is 88.2 Å². The molecule has 4 aliphatic rings. The Bertz CT molecular complexity index is 4930. The van der Waals surface area contributed by atoms with Crippen molar-refractivity contribution in [2.45, 2.75) is 232 Å². The lowest BCUT2D eigenvalue weighted by molar-refractivity contribution is -0.249. The minimum Gasteiger partial charge on any atom is -0.508 e. The number of nitrogens with one attached hydrogen (secondary N) is 6. The Labute approximate surface area is 806 Å². The van der Waals surface area contributed by atoms with Gasteiger partial charge in [0.1, 0.15) is 65.2 Å². The molecular formula is C91H123N9O31S5. The Kier molecular flexibility index (Phi) is 43.3. The lowest BCUT2D eigenvalue weighted by Crippen LogP contribution is -2.56. The second kappa shape index (κ2) is 53.1. The molecule has 3 aromatic carbocycles. The molecule has 14 N–H and O–H groups in total. The first-order valence-corrected chi connectivity index (χ1v) is 50.7. The first kappa shape index (κ1) is 111. The predicted octanol–water partition coefficient (Wildman–Crippen LogP) is 7.53. The number of aliphatic hydroxyl groups excluding tert-OH is 2. The quantitative estimate of drug-likeness (QED) is 0.00340. The molecular weight excluding hydrogens is 1880 g/mol. The molecule has 40 nitrogen and oxygen atoms in total. The molecule has 0 spiro atoms. The summed E-state index contributed by atoms with van der Waals surface area (Å²) in [6, 6.07) is 5.72. The van der Waals surface area contributed by atoms with Crippen LogP contribution in [0.25, 0.3) is 0 Å². The number of thiazole rings is 1. The van der Waals surface area contributed by atoms with E-state index in [1.165, 1.54) is 90.1 Å². The lowest BCUT2D eigenvalue weighted by Gasteiger charge is -2.42. The zero-order chi connectivity index (χ0) is 100. The number of carboxylic acid groups (broad SMARTS) is 2. The number of hydrazine groups is 1. The molecule has 0 radical (unpaired) electrons. The molecule has 7 amide bonds. The minimum absolute atomic E-state index is 0.00774. The maximum atomic E-state index is 15.1. The molecule has 136 heavy (non-hydrogen) atoms. The fourth-order valence-corrected chi connectivity index (χ4v) is 21.1. The molecule has 0 bridgehead atoms. The number of likely N-dealkylation sites (tertiary alicyclic amines) is 1. The SMILES string of the molecule is CCCC(=O)OCN(C(=O)[C@@H](CC(=O)[C@H]1CCCCN1C)C(C)CC)[C@H](C[C@@H](OC(C)=O)c1nc(C(=O)N[C@@H](Cc2ccc(O)cc2)C[C@H](C)C(=O)NNC(=O)OCCSSCCC(=O)NC[C@H](C)C(=O)N[C@@H](CC(=O)O)C(=O)C[C@@H](CSSCCOC(=O)NC2CC(O[C@H]3C[C@](O)(C(=O)CO)Cc4c(O)c5c(c(O)c43)C(=O)c3c(OC)cccc3C5=O)OC(C)C2O)C(=O)O)cs1)C(C)C. The van der Waals surface area contributed by atoms with E-state index in [9.17, 15) is 113 Å². The fourth-order valence-electron chi connectivity index (χ4n) is 16.3. The summed E-state index contributed by atoms with van der Waals surface area (Å²) in [7, 11) is 7.71. The van der Waals surface area contributed by atoms with Crippen LogP contribution < -0.4 is 36.9 Å². The molecule has 16 atom stereocenters. The van der Waals surface area contributed by atoms with Gasteiger partial charge >= 0.3 is 36.1 Å². The summed E-state index contributed by atoms with van der Waals surface area (Å²) in [5, 5.41) is 98.3. The van der Waals surface area contributed by atoms with E-state index >= 15 is 4.79 Å². The van der Waals surface area contributed by atoms with Gasteiger partial charge < -0.3 is 100 Å². The summed E-state index contributed by atoms with van der Waals surface area (Å²) in [6.45, 7) is 13.6. The molecule has 0 saturated carbocycles. The van der Waals surface area contributed by atoms with E-state index in [4.69, 9.17) is 33.2 Å². The number of hydrogen-bond acceptors (Lipinski definition) is 36. The van der Waals surface area contributed by atoms with Gasteiger partial charge in [-0.2, -0.15) is 0 Å². The lowest BCUT2D eigenvalue weighted by atomic mass is 9.72.